The summed E-state index contributed by atoms with van der Waals surface area (Å²) in [4.78, 5) is 6.27. The molecule has 1 aromatic heterocycles. The number of hydrogen-bond acceptors (Lipinski definition) is 5. The van der Waals surface area contributed by atoms with Crippen molar-refractivity contribution < 1.29 is 14.6 Å². The molecule has 1 aromatic rings. The summed E-state index contributed by atoms with van der Waals surface area (Å²) in [6.45, 7) is 1.92. The average Bonchev–Trinajstić information content (AvgIpc) is 2.36. The molecule has 0 spiro atoms. The minimum absolute atomic E-state index is 0.0167. The lowest BCUT2D eigenvalue weighted by molar-refractivity contribution is 0.190. The summed E-state index contributed by atoms with van der Waals surface area (Å²) in [5, 5.41) is 8.73. The summed E-state index contributed by atoms with van der Waals surface area (Å²) in [5.41, 5.74) is 0. The molecule has 0 saturated heterocycles. The van der Waals surface area contributed by atoms with Crippen LogP contribution in [0.2, 0.25) is 0 Å². The van der Waals surface area contributed by atoms with Gasteiger partial charge in [0.1, 0.15) is 6.61 Å². The van der Waals surface area contributed by atoms with Crippen LogP contribution in [0, 0.1) is 0 Å². The van der Waals surface area contributed by atoms with Crippen LogP contribution >= 0.6 is 0 Å². The van der Waals surface area contributed by atoms with E-state index in [2.05, 4.69) is 24.0 Å². The van der Waals surface area contributed by atoms with Crippen LogP contribution in [-0.2, 0) is 0 Å². The van der Waals surface area contributed by atoms with Crippen LogP contribution < -0.4 is 9.47 Å². The van der Waals surface area contributed by atoms with Crippen LogP contribution in [0.5, 0.6) is 11.6 Å². The third kappa shape index (κ3) is 5.84. The highest BCUT2D eigenvalue weighted by atomic mass is 16.5. The Morgan fingerprint density at radius 1 is 1.22 bits per heavy atom. The van der Waals surface area contributed by atoms with E-state index in [-0.39, 0.29) is 13.2 Å². The van der Waals surface area contributed by atoms with E-state index in [0.29, 0.717) is 18.2 Å². The molecule has 0 bridgehead atoms. The predicted octanol–water partition coefficient (Wildman–Crippen LogP) is 1.17. The van der Waals surface area contributed by atoms with Gasteiger partial charge in [-0.25, -0.2) is 4.98 Å². The Bertz CT molecular complexity index is 332. The lowest BCUT2D eigenvalue weighted by Crippen LogP contribution is -2.14. The second-order valence-corrected chi connectivity index (χ2v) is 4.24. The van der Waals surface area contributed by atoms with Crippen molar-refractivity contribution in [2.24, 2.45) is 0 Å². The van der Waals surface area contributed by atoms with E-state index in [1.807, 2.05) is 0 Å². The highest BCUT2D eigenvalue weighted by Gasteiger charge is 2.05. The molecule has 0 fully saturated rings. The first kappa shape index (κ1) is 14.7. The molecule has 0 saturated carbocycles. The van der Waals surface area contributed by atoms with E-state index < -0.39 is 0 Å². The van der Waals surface area contributed by atoms with Gasteiger partial charge in [0.15, 0.2) is 5.75 Å². The molecule has 0 aliphatic carbocycles. The van der Waals surface area contributed by atoms with Gasteiger partial charge in [-0.05, 0) is 45.6 Å². The smallest absolute Gasteiger partial charge is 0.256 e. The molecule has 18 heavy (non-hydrogen) atoms. The zero-order valence-electron chi connectivity index (χ0n) is 11.1. The van der Waals surface area contributed by atoms with Gasteiger partial charge in [0.25, 0.3) is 5.88 Å². The van der Waals surface area contributed by atoms with E-state index in [0.717, 1.165) is 19.4 Å². The van der Waals surface area contributed by atoms with Crippen molar-refractivity contribution >= 4 is 0 Å². The third-order valence-electron chi connectivity index (χ3n) is 2.32. The van der Waals surface area contributed by atoms with Gasteiger partial charge >= 0.3 is 0 Å². The van der Waals surface area contributed by atoms with Gasteiger partial charge in [-0.2, -0.15) is 0 Å². The largest absolute Gasteiger partial charge is 0.486 e. The molecule has 0 unspecified atom stereocenters. The molecule has 1 rings (SSSR count). The molecule has 0 radical (unpaired) electrons. The maximum Gasteiger partial charge on any atom is 0.256 e. The molecule has 0 aliphatic rings. The van der Waals surface area contributed by atoms with Crippen molar-refractivity contribution in [3.8, 4) is 11.6 Å². The fraction of sp³-hybridized carbons (Fsp3) is 0.615. The topological polar surface area (TPSA) is 54.8 Å². The highest BCUT2D eigenvalue weighted by molar-refractivity contribution is 5.32. The first-order chi connectivity index (χ1) is 8.74. The highest BCUT2D eigenvalue weighted by Crippen LogP contribution is 2.23. The zero-order chi connectivity index (χ0) is 13.2. The van der Waals surface area contributed by atoms with Gasteiger partial charge in [-0.3, -0.25) is 0 Å². The molecule has 0 aromatic carbocycles. The van der Waals surface area contributed by atoms with Crippen LogP contribution in [0.15, 0.2) is 18.3 Å². The normalized spacial score (nSPS) is 10.7. The van der Waals surface area contributed by atoms with E-state index in [4.69, 9.17) is 14.6 Å². The van der Waals surface area contributed by atoms with Gasteiger partial charge in [0.2, 0.25) is 0 Å². The molecule has 0 aliphatic heterocycles. The van der Waals surface area contributed by atoms with Crippen molar-refractivity contribution in [3.63, 3.8) is 0 Å². The third-order valence-corrected chi connectivity index (χ3v) is 2.32. The van der Waals surface area contributed by atoms with Crippen LogP contribution in [0.4, 0.5) is 0 Å². The molecular formula is C13H22N2O3. The Morgan fingerprint density at radius 2 is 2.06 bits per heavy atom. The molecule has 1 heterocycles. The fourth-order valence-corrected chi connectivity index (χ4v) is 1.45. The van der Waals surface area contributed by atoms with Crippen LogP contribution in [-0.4, -0.2) is 55.5 Å². The second kappa shape index (κ2) is 8.72. The van der Waals surface area contributed by atoms with Crippen molar-refractivity contribution in [2.75, 3.05) is 40.5 Å². The van der Waals surface area contributed by atoms with Crippen LogP contribution in [0.1, 0.15) is 12.8 Å². The number of aliphatic hydroxyl groups is 1. The Morgan fingerprint density at radius 3 is 2.78 bits per heavy atom. The predicted molar refractivity (Wildman–Crippen MR) is 70.1 cm³/mol. The fourth-order valence-electron chi connectivity index (χ4n) is 1.45. The number of unbranched alkanes of at least 4 members (excludes halogenated alkanes) is 1. The first-order valence-corrected chi connectivity index (χ1v) is 6.20. The number of aliphatic hydroxyl groups excluding tert-OH is 1. The van der Waals surface area contributed by atoms with E-state index in [9.17, 15) is 0 Å². The lowest BCUT2D eigenvalue weighted by Gasteiger charge is -2.11. The van der Waals surface area contributed by atoms with Crippen molar-refractivity contribution in [2.45, 2.75) is 12.8 Å². The standard InChI is InChI=1S/C13H22N2O3/c1-15(2)8-3-4-10-18-13-12(17-11-9-16)6-5-7-14-13/h5-7,16H,3-4,8-11H2,1-2H3. The summed E-state index contributed by atoms with van der Waals surface area (Å²) in [7, 11) is 4.11. The van der Waals surface area contributed by atoms with E-state index in [1.165, 1.54) is 0 Å². The second-order valence-electron chi connectivity index (χ2n) is 4.24. The monoisotopic (exact) mass is 254 g/mol. The number of rotatable bonds is 9. The first-order valence-electron chi connectivity index (χ1n) is 6.20. The maximum atomic E-state index is 8.73. The Balaban J connectivity index is 2.32. The zero-order valence-corrected chi connectivity index (χ0v) is 11.1. The number of pyridine rings is 1. The van der Waals surface area contributed by atoms with Crippen molar-refractivity contribution in [1.82, 2.24) is 9.88 Å². The van der Waals surface area contributed by atoms with Crippen molar-refractivity contribution in [3.05, 3.63) is 18.3 Å². The van der Waals surface area contributed by atoms with Gasteiger partial charge < -0.3 is 19.5 Å². The number of hydrogen-bond donors (Lipinski definition) is 1. The summed E-state index contributed by atoms with van der Waals surface area (Å²) in [6.07, 6.45) is 3.74. The molecule has 5 heteroatoms. The number of ether oxygens (including phenoxy) is 2. The minimum atomic E-state index is -0.0167. The summed E-state index contributed by atoms with van der Waals surface area (Å²) < 4.78 is 10.9. The summed E-state index contributed by atoms with van der Waals surface area (Å²) in [6, 6.07) is 3.57. The number of nitrogens with zero attached hydrogens (tertiary/aromatic N) is 2. The lowest BCUT2D eigenvalue weighted by atomic mass is 10.3. The Kier molecular flexibility index (Phi) is 7.13. The van der Waals surface area contributed by atoms with Crippen molar-refractivity contribution in [1.29, 1.82) is 0 Å². The van der Waals surface area contributed by atoms with Gasteiger partial charge in [-0.15, -0.1) is 0 Å². The Hall–Kier alpha value is -1.33. The molecule has 5 nitrogen and oxygen atoms in total. The summed E-state index contributed by atoms with van der Waals surface area (Å²) in [5.74, 6) is 1.08. The van der Waals surface area contributed by atoms with E-state index >= 15 is 0 Å². The minimum Gasteiger partial charge on any atom is -0.486 e. The average molecular weight is 254 g/mol. The van der Waals surface area contributed by atoms with E-state index in [1.54, 1.807) is 18.3 Å². The molecule has 0 atom stereocenters. The van der Waals surface area contributed by atoms with Gasteiger partial charge in [0.05, 0.1) is 13.2 Å². The molecule has 0 amide bonds. The number of aromatic nitrogens is 1. The van der Waals surface area contributed by atoms with Gasteiger partial charge in [0, 0.05) is 6.20 Å². The van der Waals surface area contributed by atoms with Crippen LogP contribution in [0.3, 0.4) is 0 Å². The summed E-state index contributed by atoms with van der Waals surface area (Å²) >= 11 is 0. The molecule has 102 valence electrons. The quantitative estimate of drug-likeness (QED) is 0.670. The molecule has 1 N–H and O–H groups in total. The Labute approximate surface area is 108 Å². The SMILES string of the molecule is CN(C)CCCCOc1ncccc1OCCO. The van der Waals surface area contributed by atoms with Gasteiger partial charge in [-0.1, -0.05) is 0 Å². The maximum absolute atomic E-state index is 8.73. The molecular weight excluding hydrogens is 232 g/mol. The van der Waals surface area contributed by atoms with Crippen LogP contribution in [0.25, 0.3) is 0 Å².